The van der Waals surface area contributed by atoms with Crippen molar-refractivity contribution in [2.75, 3.05) is 121 Å². The van der Waals surface area contributed by atoms with Gasteiger partial charge in [0.05, 0.1) is 17.6 Å². The molecule has 0 aromatic carbocycles. The molecule has 0 spiro atoms. The Morgan fingerprint density at radius 3 is 1.83 bits per heavy atom. The van der Waals surface area contributed by atoms with Crippen LogP contribution < -0.4 is 15.5 Å². The Balaban J connectivity index is 1.35. The van der Waals surface area contributed by atoms with Gasteiger partial charge in [0.1, 0.15) is 0 Å². The summed E-state index contributed by atoms with van der Waals surface area (Å²) in [5.74, 6) is 1.11. The number of piperazine rings is 2. The lowest BCUT2D eigenvalue weighted by molar-refractivity contribution is 0.156. The number of nitrogen functional groups attached to an aromatic ring is 1. The Morgan fingerprint density at radius 2 is 1.24 bits per heavy atom. The third-order valence-corrected chi connectivity index (χ3v) is 6.71. The van der Waals surface area contributed by atoms with E-state index in [9.17, 15) is 0 Å². The molecule has 2 N–H and O–H groups in total. The Bertz CT molecular complexity index is 652. The molecule has 2 fully saturated rings. The number of likely N-dealkylation sites (N-methyl/N-ethyl adjacent to an activating group) is 2. The Hall–Kier alpha value is -1.61. The van der Waals surface area contributed by atoms with Gasteiger partial charge in [0, 0.05) is 91.6 Å². The zero-order valence-electron chi connectivity index (χ0n) is 18.3. The van der Waals surface area contributed by atoms with Gasteiger partial charge in [-0.1, -0.05) is 0 Å². The third kappa shape index (κ3) is 5.31. The van der Waals surface area contributed by atoms with E-state index in [4.69, 9.17) is 10.7 Å². The van der Waals surface area contributed by atoms with Crippen LogP contribution in [-0.2, 0) is 0 Å². The van der Waals surface area contributed by atoms with Gasteiger partial charge < -0.3 is 25.3 Å². The first-order valence-electron chi connectivity index (χ1n) is 11.2. The maximum atomic E-state index is 6.11. The normalized spacial score (nSPS) is 22.8. The van der Waals surface area contributed by atoms with Crippen molar-refractivity contribution in [2.45, 2.75) is 0 Å². The number of nitrogens with zero attached hydrogens (tertiary/aromatic N) is 7. The second-order valence-corrected chi connectivity index (χ2v) is 8.88. The van der Waals surface area contributed by atoms with Gasteiger partial charge in [-0.2, -0.15) is 0 Å². The Morgan fingerprint density at radius 1 is 0.724 bits per heavy atom. The van der Waals surface area contributed by atoms with Gasteiger partial charge >= 0.3 is 0 Å². The summed E-state index contributed by atoms with van der Waals surface area (Å²) in [6.07, 6.45) is 1.81. The van der Waals surface area contributed by atoms with E-state index in [0.29, 0.717) is 0 Å². The fraction of sp³-hybridized carbons (Fsp3) is 0.762. The zero-order valence-corrected chi connectivity index (χ0v) is 18.3. The molecule has 4 rings (SSSR count). The molecule has 0 radical (unpaired) electrons. The lowest BCUT2D eigenvalue weighted by Gasteiger charge is -2.41. The van der Waals surface area contributed by atoms with E-state index < -0.39 is 0 Å². The van der Waals surface area contributed by atoms with Crippen molar-refractivity contribution < 1.29 is 0 Å². The number of nitrogens with two attached hydrogens (primary N) is 1. The van der Waals surface area contributed by atoms with Crippen molar-refractivity contribution in [3.8, 4) is 0 Å². The van der Waals surface area contributed by atoms with E-state index in [-0.39, 0.29) is 0 Å². The number of pyridine rings is 1. The van der Waals surface area contributed by atoms with Crippen LogP contribution in [0.15, 0.2) is 12.3 Å². The van der Waals surface area contributed by atoms with E-state index in [2.05, 4.69) is 49.6 Å². The average Bonchev–Trinajstić information content (AvgIpc) is 2.73. The van der Waals surface area contributed by atoms with Gasteiger partial charge in [0.25, 0.3) is 0 Å². The highest BCUT2D eigenvalue weighted by molar-refractivity contribution is 5.72. The lowest BCUT2D eigenvalue weighted by atomic mass is 10.2. The van der Waals surface area contributed by atoms with Crippen LogP contribution in [0, 0.1) is 0 Å². The molecule has 0 amide bonds. The minimum atomic E-state index is 0.759. The van der Waals surface area contributed by atoms with Gasteiger partial charge in [-0.3, -0.25) is 9.80 Å². The lowest BCUT2D eigenvalue weighted by Crippen LogP contribution is -2.50. The molecule has 29 heavy (non-hydrogen) atoms. The van der Waals surface area contributed by atoms with Crippen LogP contribution in [0.3, 0.4) is 0 Å². The second-order valence-electron chi connectivity index (χ2n) is 8.88. The molecule has 162 valence electrons. The average molecular weight is 403 g/mol. The van der Waals surface area contributed by atoms with Crippen molar-refractivity contribution >= 4 is 17.2 Å². The topological polar surface area (TPSA) is 58.4 Å². The number of anilines is 3. The molecule has 0 saturated carbocycles. The van der Waals surface area contributed by atoms with Gasteiger partial charge in [-0.25, -0.2) is 4.98 Å². The van der Waals surface area contributed by atoms with E-state index in [0.717, 1.165) is 50.8 Å². The molecule has 4 heterocycles. The van der Waals surface area contributed by atoms with Crippen LogP contribution in [0.4, 0.5) is 17.2 Å². The summed E-state index contributed by atoms with van der Waals surface area (Å²) in [5.41, 5.74) is 8.08. The summed E-state index contributed by atoms with van der Waals surface area (Å²) in [6.45, 7) is 15.8. The van der Waals surface area contributed by atoms with Crippen LogP contribution >= 0.6 is 0 Å². The summed E-state index contributed by atoms with van der Waals surface area (Å²) in [5, 5.41) is 0. The maximum absolute atomic E-state index is 6.11. The van der Waals surface area contributed by atoms with Crippen LogP contribution in [-0.4, -0.2) is 130 Å². The Kier molecular flexibility index (Phi) is 6.74. The van der Waals surface area contributed by atoms with Gasteiger partial charge in [0.15, 0.2) is 5.82 Å². The molecule has 0 aliphatic carbocycles. The van der Waals surface area contributed by atoms with Crippen molar-refractivity contribution in [1.29, 1.82) is 0 Å². The highest BCUT2D eigenvalue weighted by Gasteiger charge is 2.25. The van der Waals surface area contributed by atoms with Crippen molar-refractivity contribution in [2.24, 2.45) is 0 Å². The monoisotopic (exact) mass is 402 g/mol. The predicted molar refractivity (Wildman–Crippen MR) is 121 cm³/mol. The van der Waals surface area contributed by atoms with E-state index in [1.165, 1.54) is 58.0 Å². The molecule has 0 atom stereocenters. The van der Waals surface area contributed by atoms with Gasteiger partial charge in [-0.15, -0.1) is 0 Å². The van der Waals surface area contributed by atoms with Crippen molar-refractivity contribution in [1.82, 2.24) is 24.6 Å². The SMILES string of the molecule is CN1CCN(CCN2CCN(CCN3CCN(C)CC3)c3ncc(N)cc32)CC1. The molecular formula is C21H38N8. The molecule has 3 aliphatic rings. The minimum Gasteiger partial charge on any atom is -0.397 e. The summed E-state index contributed by atoms with van der Waals surface area (Å²) < 4.78 is 0. The van der Waals surface area contributed by atoms with Crippen LogP contribution in [0.2, 0.25) is 0 Å². The molecule has 8 nitrogen and oxygen atoms in total. The highest BCUT2D eigenvalue weighted by atomic mass is 15.3. The van der Waals surface area contributed by atoms with Gasteiger partial charge in [-0.05, 0) is 20.2 Å². The molecule has 8 heteroatoms. The Labute approximate surface area is 175 Å². The van der Waals surface area contributed by atoms with E-state index in [1.807, 2.05) is 6.20 Å². The predicted octanol–water partition coefficient (Wildman–Crippen LogP) is -0.215. The maximum Gasteiger partial charge on any atom is 0.152 e. The van der Waals surface area contributed by atoms with Crippen molar-refractivity contribution in [3.05, 3.63) is 12.3 Å². The first-order valence-corrected chi connectivity index (χ1v) is 11.2. The van der Waals surface area contributed by atoms with Crippen LogP contribution in [0.5, 0.6) is 0 Å². The smallest absolute Gasteiger partial charge is 0.152 e. The fourth-order valence-electron chi connectivity index (χ4n) is 4.52. The number of hydrogen-bond acceptors (Lipinski definition) is 8. The standard InChI is InChI=1S/C21H38N8/c1-24-3-7-26(8-4-24)11-13-28-15-16-29(21-20(28)17-19(22)18-23-21)14-12-27-9-5-25(2)6-10-27/h17-18H,3-16,22H2,1-2H3. The number of fused-ring (bicyclic) bond motifs is 1. The summed E-state index contributed by atoms with van der Waals surface area (Å²) in [6, 6.07) is 2.12. The molecule has 3 aliphatic heterocycles. The highest BCUT2D eigenvalue weighted by Crippen LogP contribution is 2.32. The third-order valence-electron chi connectivity index (χ3n) is 6.71. The largest absolute Gasteiger partial charge is 0.397 e. The first-order chi connectivity index (χ1) is 14.1. The summed E-state index contributed by atoms with van der Waals surface area (Å²) >= 11 is 0. The van der Waals surface area contributed by atoms with Crippen molar-refractivity contribution in [3.63, 3.8) is 0 Å². The molecular weight excluding hydrogens is 364 g/mol. The number of hydrogen-bond donors (Lipinski definition) is 1. The summed E-state index contributed by atoms with van der Waals surface area (Å²) in [7, 11) is 4.42. The van der Waals surface area contributed by atoms with Gasteiger partial charge in [0.2, 0.25) is 0 Å². The summed E-state index contributed by atoms with van der Waals surface area (Å²) in [4.78, 5) is 19.7. The number of rotatable bonds is 6. The first kappa shape index (κ1) is 20.7. The second kappa shape index (κ2) is 9.47. The molecule has 1 aromatic rings. The molecule has 0 bridgehead atoms. The number of aromatic nitrogens is 1. The minimum absolute atomic E-state index is 0.759. The zero-order chi connectivity index (χ0) is 20.2. The fourth-order valence-corrected chi connectivity index (χ4v) is 4.52. The quantitative estimate of drug-likeness (QED) is 0.701. The van der Waals surface area contributed by atoms with Crippen LogP contribution in [0.25, 0.3) is 0 Å². The molecule has 2 saturated heterocycles. The van der Waals surface area contributed by atoms with E-state index >= 15 is 0 Å². The van der Waals surface area contributed by atoms with E-state index in [1.54, 1.807) is 0 Å². The molecule has 1 aromatic heterocycles. The molecule has 0 unspecified atom stereocenters. The van der Waals surface area contributed by atoms with Crippen LogP contribution in [0.1, 0.15) is 0 Å².